The Kier molecular flexibility index (Phi) is 5.38. The predicted molar refractivity (Wildman–Crippen MR) is 77.7 cm³/mol. The summed E-state index contributed by atoms with van der Waals surface area (Å²) in [6.07, 6.45) is 6.33. The number of aromatic nitrogens is 1. The highest BCUT2D eigenvalue weighted by molar-refractivity contribution is 5.25. The van der Waals surface area contributed by atoms with Crippen LogP contribution in [0.1, 0.15) is 51.7 Å². The molecule has 4 nitrogen and oxygen atoms in total. The molecule has 2 rings (SSSR count). The lowest BCUT2D eigenvalue weighted by Crippen LogP contribution is -2.32. The maximum Gasteiger partial charge on any atom is 0.138 e. The molecular formula is C16H25NO3. The van der Waals surface area contributed by atoms with Crippen LogP contribution < -0.4 is 4.74 Å². The summed E-state index contributed by atoms with van der Waals surface area (Å²) in [4.78, 5) is 4.14. The first-order valence-corrected chi connectivity index (χ1v) is 7.49. The van der Waals surface area contributed by atoms with Crippen LogP contribution in [0.15, 0.2) is 18.5 Å². The lowest BCUT2D eigenvalue weighted by molar-refractivity contribution is -0.0380. The van der Waals surface area contributed by atoms with Gasteiger partial charge in [-0.1, -0.05) is 0 Å². The van der Waals surface area contributed by atoms with Crippen molar-refractivity contribution in [3.8, 4) is 5.75 Å². The molecule has 0 spiro atoms. The van der Waals surface area contributed by atoms with E-state index in [-0.39, 0.29) is 6.10 Å². The first-order valence-electron chi connectivity index (χ1n) is 7.49. The Morgan fingerprint density at radius 1 is 1.35 bits per heavy atom. The zero-order valence-electron chi connectivity index (χ0n) is 12.6. The molecule has 20 heavy (non-hydrogen) atoms. The molecule has 1 unspecified atom stereocenters. The highest BCUT2D eigenvalue weighted by Crippen LogP contribution is 2.37. The number of aliphatic hydroxyl groups is 1. The van der Waals surface area contributed by atoms with E-state index in [9.17, 15) is 5.11 Å². The van der Waals surface area contributed by atoms with Crippen molar-refractivity contribution < 1.29 is 14.6 Å². The van der Waals surface area contributed by atoms with Crippen LogP contribution in [0.3, 0.4) is 0 Å². The molecule has 112 valence electrons. The quantitative estimate of drug-likeness (QED) is 0.833. The monoisotopic (exact) mass is 279 g/mol. The fourth-order valence-electron chi connectivity index (χ4n) is 2.65. The van der Waals surface area contributed by atoms with Crippen molar-refractivity contribution in [2.45, 2.75) is 58.3 Å². The fourth-order valence-corrected chi connectivity index (χ4v) is 2.65. The number of rotatable bonds is 7. The van der Waals surface area contributed by atoms with Crippen LogP contribution >= 0.6 is 0 Å². The van der Waals surface area contributed by atoms with Crippen molar-refractivity contribution in [2.24, 2.45) is 5.92 Å². The van der Waals surface area contributed by atoms with E-state index in [0.717, 1.165) is 37.2 Å². The van der Waals surface area contributed by atoms with Crippen LogP contribution in [-0.2, 0) is 4.74 Å². The van der Waals surface area contributed by atoms with Gasteiger partial charge in [0.1, 0.15) is 5.75 Å². The van der Waals surface area contributed by atoms with Gasteiger partial charge in [0.25, 0.3) is 0 Å². The van der Waals surface area contributed by atoms with Crippen molar-refractivity contribution in [3.63, 3.8) is 0 Å². The van der Waals surface area contributed by atoms with Gasteiger partial charge < -0.3 is 14.6 Å². The largest absolute Gasteiger partial charge is 0.489 e. The Balaban J connectivity index is 1.85. The van der Waals surface area contributed by atoms with E-state index in [1.807, 2.05) is 26.8 Å². The minimum absolute atomic E-state index is 0.114. The van der Waals surface area contributed by atoms with E-state index in [0.29, 0.717) is 12.0 Å². The van der Waals surface area contributed by atoms with Crippen LogP contribution in [0.25, 0.3) is 0 Å². The molecule has 1 atom stereocenters. The van der Waals surface area contributed by atoms with Gasteiger partial charge in [0.2, 0.25) is 0 Å². The highest BCUT2D eigenvalue weighted by atomic mass is 16.5. The summed E-state index contributed by atoms with van der Waals surface area (Å²) in [5, 5.41) is 10.3. The first kappa shape index (κ1) is 15.3. The Bertz CT molecular complexity index is 416. The molecule has 1 saturated carbocycles. The van der Waals surface area contributed by atoms with Crippen molar-refractivity contribution in [3.05, 3.63) is 24.0 Å². The second kappa shape index (κ2) is 7.04. The van der Waals surface area contributed by atoms with E-state index in [1.54, 1.807) is 12.4 Å². The summed E-state index contributed by atoms with van der Waals surface area (Å²) in [6.45, 7) is 6.75. The number of hydrogen-bond donors (Lipinski definition) is 1. The zero-order chi connectivity index (χ0) is 14.5. The molecule has 0 aromatic carbocycles. The summed E-state index contributed by atoms with van der Waals surface area (Å²) < 4.78 is 11.1. The van der Waals surface area contributed by atoms with Gasteiger partial charge >= 0.3 is 0 Å². The lowest BCUT2D eigenvalue weighted by Gasteiger charge is -2.36. The molecule has 0 saturated heterocycles. The first-order chi connectivity index (χ1) is 9.58. The third-order valence-electron chi connectivity index (χ3n) is 3.64. The molecule has 1 aromatic rings. The molecule has 1 aromatic heterocycles. The van der Waals surface area contributed by atoms with E-state index < -0.39 is 6.10 Å². The van der Waals surface area contributed by atoms with Gasteiger partial charge in [0, 0.05) is 18.4 Å². The average Bonchev–Trinajstić information content (AvgIpc) is 2.35. The van der Waals surface area contributed by atoms with Gasteiger partial charge in [-0.3, -0.25) is 4.98 Å². The van der Waals surface area contributed by atoms with Gasteiger partial charge in [-0.05, 0) is 52.0 Å². The number of ether oxygens (including phenoxy) is 2. The van der Waals surface area contributed by atoms with Crippen LogP contribution in [0.5, 0.6) is 5.75 Å². The molecule has 4 heteroatoms. The predicted octanol–water partition coefficient (Wildman–Crippen LogP) is 3.11. The Hall–Kier alpha value is -1.13. The van der Waals surface area contributed by atoms with Crippen LogP contribution in [0.4, 0.5) is 0 Å². The molecule has 1 N–H and O–H groups in total. The van der Waals surface area contributed by atoms with Crippen LogP contribution in [0.2, 0.25) is 0 Å². The molecule has 0 bridgehead atoms. The molecule has 0 radical (unpaired) electrons. The normalized spacial score (nSPS) is 23.4. The van der Waals surface area contributed by atoms with Crippen molar-refractivity contribution in [2.75, 3.05) is 6.61 Å². The summed E-state index contributed by atoms with van der Waals surface area (Å²) in [5.74, 6) is 1.27. The third-order valence-corrected chi connectivity index (χ3v) is 3.64. The Morgan fingerprint density at radius 2 is 2.10 bits per heavy atom. The Labute approximate surface area is 121 Å². The van der Waals surface area contributed by atoms with Crippen molar-refractivity contribution >= 4 is 0 Å². The molecule has 0 aliphatic heterocycles. The molecule has 1 fully saturated rings. The lowest BCUT2D eigenvalue weighted by atomic mass is 9.78. The van der Waals surface area contributed by atoms with E-state index in [1.165, 1.54) is 0 Å². The van der Waals surface area contributed by atoms with Crippen LogP contribution in [-0.4, -0.2) is 28.9 Å². The van der Waals surface area contributed by atoms with Gasteiger partial charge in [-0.2, -0.15) is 0 Å². The molecular weight excluding hydrogens is 254 g/mol. The van der Waals surface area contributed by atoms with Crippen molar-refractivity contribution in [1.29, 1.82) is 0 Å². The number of hydrogen-bond acceptors (Lipinski definition) is 4. The number of aliphatic hydroxyl groups excluding tert-OH is 1. The van der Waals surface area contributed by atoms with Gasteiger partial charge in [-0.15, -0.1) is 0 Å². The summed E-state index contributed by atoms with van der Waals surface area (Å²) >= 11 is 0. The second-order valence-electron chi connectivity index (χ2n) is 5.79. The van der Waals surface area contributed by atoms with Gasteiger partial charge in [0.15, 0.2) is 0 Å². The summed E-state index contributed by atoms with van der Waals surface area (Å²) in [7, 11) is 0. The van der Waals surface area contributed by atoms with Gasteiger partial charge in [-0.25, -0.2) is 0 Å². The SMILES string of the molecule is CCOC1CC(CC(O)c2cncc(OC(C)C)c2)C1. The van der Waals surface area contributed by atoms with E-state index in [2.05, 4.69) is 4.98 Å². The molecule has 1 aliphatic rings. The van der Waals surface area contributed by atoms with Gasteiger partial charge in [0.05, 0.1) is 24.5 Å². The maximum atomic E-state index is 10.3. The maximum absolute atomic E-state index is 10.3. The minimum atomic E-state index is -0.467. The smallest absolute Gasteiger partial charge is 0.138 e. The van der Waals surface area contributed by atoms with Crippen LogP contribution in [0, 0.1) is 5.92 Å². The Morgan fingerprint density at radius 3 is 2.75 bits per heavy atom. The van der Waals surface area contributed by atoms with E-state index >= 15 is 0 Å². The fraction of sp³-hybridized carbons (Fsp3) is 0.688. The molecule has 1 aliphatic carbocycles. The standard InChI is InChI=1S/C16H25NO3/c1-4-19-14-5-12(6-14)7-16(18)13-8-15(10-17-9-13)20-11(2)3/h8-12,14,16,18H,4-7H2,1-3H3. The molecule has 0 amide bonds. The highest BCUT2D eigenvalue weighted by Gasteiger charge is 2.31. The summed E-state index contributed by atoms with van der Waals surface area (Å²) in [6, 6.07) is 1.89. The second-order valence-corrected chi connectivity index (χ2v) is 5.79. The number of nitrogens with zero attached hydrogens (tertiary/aromatic N) is 1. The van der Waals surface area contributed by atoms with E-state index in [4.69, 9.17) is 9.47 Å². The number of pyridine rings is 1. The average molecular weight is 279 g/mol. The topological polar surface area (TPSA) is 51.6 Å². The van der Waals surface area contributed by atoms with Crippen molar-refractivity contribution in [1.82, 2.24) is 4.98 Å². The zero-order valence-corrected chi connectivity index (χ0v) is 12.6. The molecule has 1 heterocycles. The third kappa shape index (κ3) is 4.18. The summed E-state index contributed by atoms with van der Waals surface area (Å²) in [5.41, 5.74) is 0.836. The minimum Gasteiger partial charge on any atom is -0.489 e.